The molecule has 1 saturated heterocycles. The molecule has 0 bridgehead atoms. The molecule has 1 amide bonds. The molecule has 1 saturated carbocycles. The van der Waals surface area contributed by atoms with Crippen LogP contribution in [0.1, 0.15) is 48.9 Å². The predicted molar refractivity (Wildman–Crippen MR) is 90.0 cm³/mol. The molecule has 1 aromatic rings. The molecule has 0 radical (unpaired) electrons. The van der Waals surface area contributed by atoms with Crippen LogP contribution in [-0.4, -0.2) is 41.7 Å². The standard InChI is InChI=1S/C18H24ClNO3/c1-23-16-10-4-7-13(19)17(16)18(22)20-11-5-8-14(20)12-6-2-3-9-15(12)21/h4,7,10,12,14-15,21H,2-3,5-6,8-9,11H2,1H3/t12-,14-,15+/m1/s1. The molecule has 1 heterocycles. The lowest BCUT2D eigenvalue weighted by atomic mass is 9.80. The Morgan fingerprint density at radius 1 is 1.26 bits per heavy atom. The molecule has 4 nitrogen and oxygen atoms in total. The minimum Gasteiger partial charge on any atom is -0.496 e. The lowest BCUT2D eigenvalue weighted by Crippen LogP contribution is -2.45. The Morgan fingerprint density at radius 2 is 2.04 bits per heavy atom. The number of aliphatic hydroxyl groups is 1. The van der Waals surface area contributed by atoms with Crippen molar-refractivity contribution in [3.05, 3.63) is 28.8 Å². The molecule has 3 atom stereocenters. The minimum absolute atomic E-state index is 0.0762. The molecule has 23 heavy (non-hydrogen) atoms. The van der Waals surface area contributed by atoms with Gasteiger partial charge in [0, 0.05) is 18.5 Å². The van der Waals surface area contributed by atoms with Gasteiger partial charge in [-0.25, -0.2) is 0 Å². The number of halogens is 1. The van der Waals surface area contributed by atoms with Crippen LogP contribution in [0.15, 0.2) is 18.2 Å². The minimum atomic E-state index is -0.296. The van der Waals surface area contributed by atoms with Crippen LogP contribution in [0.3, 0.4) is 0 Å². The first-order chi connectivity index (χ1) is 11.1. The Kier molecular flexibility index (Phi) is 5.12. The van der Waals surface area contributed by atoms with Gasteiger partial charge in [0.25, 0.3) is 5.91 Å². The molecule has 1 N–H and O–H groups in total. The summed E-state index contributed by atoms with van der Waals surface area (Å²) in [6.45, 7) is 0.723. The summed E-state index contributed by atoms with van der Waals surface area (Å²) >= 11 is 6.27. The van der Waals surface area contributed by atoms with E-state index in [1.807, 2.05) is 4.90 Å². The van der Waals surface area contributed by atoms with Gasteiger partial charge in [-0.05, 0) is 37.8 Å². The van der Waals surface area contributed by atoms with Crippen LogP contribution in [0.5, 0.6) is 5.75 Å². The van der Waals surface area contributed by atoms with Crippen molar-refractivity contribution in [3.8, 4) is 5.75 Å². The van der Waals surface area contributed by atoms with Crippen molar-refractivity contribution in [3.63, 3.8) is 0 Å². The number of nitrogens with zero attached hydrogens (tertiary/aromatic N) is 1. The highest BCUT2D eigenvalue weighted by atomic mass is 35.5. The maximum Gasteiger partial charge on any atom is 0.259 e. The topological polar surface area (TPSA) is 49.8 Å². The molecular weight excluding hydrogens is 314 g/mol. The Bertz CT molecular complexity index is 577. The fraction of sp³-hybridized carbons (Fsp3) is 0.611. The molecule has 126 valence electrons. The Labute approximate surface area is 142 Å². The lowest BCUT2D eigenvalue weighted by molar-refractivity contribution is 0.0210. The normalized spacial score (nSPS) is 28.0. The summed E-state index contributed by atoms with van der Waals surface area (Å²) in [6.07, 6.45) is 5.70. The second kappa shape index (κ2) is 7.10. The highest BCUT2D eigenvalue weighted by molar-refractivity contribution is 6.34. The second-order valence-corrected chi connectivity index (χ2v) is 6.95. The SMILES string of the molecule is COc1cccc(Cl)c1C(=O)N1CCC[C@@H]1[C@H]1CCCC[C@@H]1O. The number of rotatable bonds is 3. The smallest absolute Gasteiger partial charge is 0.259 e. The van der Waals surface area contributed by atoms with Crippen LogP contribution < -0.4 is 4.74 Å². The Morgan fingerprint density at radius 3 is 2.78 bits per heavy atom. The number of likely N-dealkylation sites (tertiary alicyclic amines) is 1. The monoisotopic (exact) mass is 337 g/mol. The fourth-order valence-electron chi connectivity index (χ4n) is 4.10. The van der Waals surface area contributed by atoms with E-state index in [0.29, 0.717) is 16.3 Å². The first-order valence-electron chi connectivity index (χ1n) is 8.45. The van der Waals surface area contributed by atoms with Crippen molar-refractivity contribution in [2.24, 2.45) is 5.92 Å². The van der Waals surface area contributed by atoms with Gasteiger partial charge < -0.3 is 14.7 Å². The van der Waals surface area contributed by atoms with Crippen LogP contribution in [0.4, 0.5) is 0 Å². The third kappa shape index (κ3) is 3.20. The van der Waals surface area contributed by atoms with E-state index in [2.05, 4.69) is 0 Å². The second-order valence-electron chi connectivity index (χ2n) is 6.54. The summed E-state index contributed by atoms with van der Waals surface area (Å²) in [5.41, 5.74) is 0.439. The van der Waals surface area contributed by atoms with Crippen LogP contribution in [-0.2, 0) is 0 Å². The number of amides is 1. The van der Waals surface area contributed by atoms with Crippen molar-refractivity contribution in [1.29, 1.82) is 0 Å². The number of carbonyl (C=O) groups is 1. The highest BCUT2D eigenvalue weighted by Gasteiger charge is 2.40. The predicted octanol–water partition coefficient (Wildman–Crippen LogP) is 3.50. The van der Waals surface area contributed by atoms with Gasteiger partial charge in [0.05, 0.1) is 18.2 Å². The van der Waals surface area contributed by atoms with Crippen LogP contribution >= 0.6 is 11.6 Å². The van der Waals surface area contributed by atoms with Crippen molar-refractivity contribution in [1.82, 2.24) is 4.90 Å². The maximum absolute atomic E-state index is 13.1. The zero-order valence-corrected chi connectivity index (χ0v) is 14.3. The zero-order chi connectivity index (χ0) is 16.4. The third-order valence-corrected chi connectivity index (χ3v) is 5.56. The third-order valence-electron chi connectivity index (χ3n) is 5.25. The molecule has 0 unspecified atom stereocenters. The van der Waals surface area contributed by atoms with Crippen LogP contribution in [0.25, 0.3) is 0 Å². The van der Waals surface area contributed by atoms with Crippen molar-refractivity contribution in [2.45, 2.75) is 50.7 Å². The largest absolute Gasteiger partial charge is 0.496 e. The fourth-order valence-corrected chi connectivity index (χ4v) is 4.35. The van der Waals surface area contributed by atoms with Gasteiger partial charge in [-0.2, -0.15) is 0 Å². The van der Waals surface area contributed by atoms with E-state index in [0.717, 1.165) is 45.1 Å². The van der Waals surface area contributed by atoms with E-state index in [-0.39, 0.29) is 24.0 Å². The van der Waals surface area contributed by atoms with Gasteiger partial charge in [-0.3, -0.25) is 4.79 Å². The molecule has 3 rings (SSSR count). The van der Waals surface area contributed by atoms with Crippen LogP contribution in [0.2, 0.25) is 5.02 Å². The maximum atomic E-state index is 13.1. The number of aliphatic hydroxyl groups excluding tert-OH is 1. The molecule has 5 heteroatoms. The Balaban J connectivity index is 1.86. The van der Waals surface area contributed by atoms with E-state index in [4.69, 9.17) is 16.3 Å². The summed E-state index contributed by atoms with van der Waals surface area (Å²) in [6, 6.07) is 5.38. The summed E-state index contributed by atoms with van der Waals surface area (Å²) in [7, 11) is 1.55. The summed E-state index contributed by atoms with van der Waals surface area (Å²) in [5.74, 6) is 0.619. The number of hydrogen-bond acceptors (Lipinski definition) is 3. The van der Waals surface area contributed by atoms with Gasteiger partial charge >= 0.3 is 0 Å². The average Bonchev–Trinajstić information content (AvgIpc) is 3.03. The van der Waals surface area contributed by atoms with E-state index in [1.165, 1.54) is 0 Å². The average molecular weight is 338 g/mol. The molecule has 1 aromatic carbocycles. The van der Waals surface area contributed by atoms with Gasteiger partial charge in [-0.1, -0.05) is 30.5 Å². The zero-order valence-electron chi connectivity index (χ0n) is 13.5. The molecule has 0 spiro atoms. The highest BCUT2D eigenvalue weighted by Crippen LogP contribution is 2.37. The number of benzene rings is 1. The van der Waals surface area contributed by atoms with Gasteiger partial charge in [-0.15, -0.1) is 0 Å². The molecule has 1 aliphatic carbocycles. The molecule has 2 aliphatic rings. The van der Waals surface area contributed by atoms with Gasteiger partial charge in [0.15, 0.2) is 0 Å². The van der Waals surface area contributed by atoms with E-state index in [1.54, 1.807) is 25.3 Å². The van der Waals surface area contributed by atoms with Gasteiger partial charge in [0.2, 0.25) is 0 Å². The van der Waals surface area contributed by atoms with E-state index in [9.17, 15) is 9.90 Å². The molecular formula is C18H24ClNO3. The lowest BCUT2D eigenvalue weighted by Gasteiger charge is -2.37. The van der Waals surface area contributed by atoms with Crippen LogP contribution in [0, 0.1) is 5.92 Å². The number of ether oxygens (including phenoxy) is 1. The summed E-state index contributed by atoms with van der Waals surface area (Å²) in [4.78, 5) is 15.0. The van der Waals surface area contributed by atoms with Gasteiger partial charge in [0.1, 0.15) is 11.3 Å². The number of hydrogen-bond donors (Lipinski definition) is 1. The first-order valence-corrected chi connectivity index (χ1v) is 8.83. The van der Waals surface area contributed by atoms with Crippen molar-refractivity contribution < 1.29 is 14.6 Å². The number of carbonyl (C=O) groups excluding carboxylic acids is 1. The molecule has 0 aromatic heterocycles. The number of methoxy groups -OCH3 is 1. The first kappa shape index (κ1) is 16.6. The summed E-state index contributed by atoms with van der Waals surface area (Å²) < 4.78 is 5.33. The van der Waals surface area contributed by atoms with Crippen molar-refractivity contribution >= 4 is 17.5 Å². The van der Waals surface area contributed by atoms with Crippen molar-refractivity contribution in [2.75, 3.05) is 13.7 Å². The van der Waals surface area contributed by atoms with E-state index >= 15 is 0 Å². The van der Waals surface area contributed by atoms with E-state index < -0.39 is 0 Å². The molecule has 2 fully saturated rings. The Hall–Kier alpha value is -1.26. The molecule has 1 aliphatic heterocycles. The summed E-state index contributed by atoms with van der Waals surface area (Å²) in [5, 5.41) is 10.8. The quantitative estimate of drug-likeness (QED) is 0.918.